The molecule has 0 fully saturated rings. The first-order valence-electron chi connectivity index (χ1n) is 5.33. The van der Waals surface area contributed by atoms with Crippen LogP contribution >= 0.6 is 0 Å². The maximum Gasteiger partial charge on any atom is 0.164 e. The molecule has 4 heteroatoms. The second-order valence-electron chi connectivity index (χ2n) is 3.96. The van der Waals surface area contributed by atoms with Crippen molar-refractivity contribution in [2.75, 3.05) is 0 Å². The van der Waals surface area contributed by atoms with Gasteiger partial charge >= 0.3 is 0 Å². The predicted octanol–water partition coefficient (Wildman–Crippen LogP) is 1.43. The molecule has 0 amide bonds. The Morgan fingerprint density at radius 1 is 1.53 bits per heavy atom. The molecule has 0 radical (unpaired) electrons. The van der Waals surface area contributed by atoms with E-state index in [1.807, 2.05) is 0 Å². The number of allylic oxidation sites excluding steroid dienone is 2. The van der Waals surface area contributed by atoms with E-state index in [1.165, 1.54) is 6.42 Å². The Morgan fingerprint density at radius 3 is 3.00 bits per heavy atom. The van der Waals surface area contributed by atoms with Gasteiger partial charge in [-0.25, -0.2) is 0 Å². The highest BCUT2D eigenvalue weighted by Gasteiger charge is 2.14. The van der Waals surface area contributed by atoms with Gasteiger partial charge in [-0.2, -0.15) is 0 Å². The number of nitrogens with zero attached hydrogens (tertiary/aromatic N) is 3. The molecule has 0 aromatic carbocycles. The highest BCUT2D eigenvalue weighted by atomic mass is 16.1. The Balaban J connectivity index is 2.00. The third kappa shape index (κ3) is 2.52. The fourth-order valence-corrected chi connectivity index (χ4v) is 1.85. The zero-order chi connectivity index (χ0) is 10.7. The first-order chi connectivity index (χ1) is 7.25. The van der Waals surface area contributed by atoms with Crippen LogP contribution in [0.2, 0.25) is 0 Å². The number of aryl methyl sites for hydroxylation is 1. The maximum absolute atomic E-state index is 11.8. The van der Waals surface area contributed by atoms with Crippen LogP contribution in [0.25, 0.3) is 0 Å². The molecular weight excluding hydrogens is 190 g/mol. The van der Waals surface area contributed by atoms with Gasteiger partial charge in [-0.15, -0.1) is 5.10 Å². The van der Waals surface area contributed by atoms with Gasteiger partial charge in [0.05, 0.1) is 12.1 Å². The quantitative estimate of drug-likeness (QED) is 0.750. The van der Waals surface area contributed by atoms with Gasteiger partial charge in [-0.1, -0.05) is 11.3 Å². The van der Waals surface area contributed by atoms with Crippen molar-refractivity contribution in [3.05, 3.63) is 23.5 Å². The lowest BCUT2D eigenvalue weighted by atomic mass is 9.95. The third-order valence-corrected chi connectivity index (χ3v) is 2.64. The number of hydrogen-bond donors (Lipinski definition) is 0. The smallest absolute Gasteiger partial charge is 0.164 e. The number of rotatable bonds is 3. The van der Waals surface area contributed by atoms with Gasteiger partial charge in [0.1, 0.15) is 0 Å². The van der Waals surface area contributed by atoms with E-state index in [4.69, 9.17) is 0 Å². The molecule has 1 aromatic rings. The fraction of sp³-hybridized carbons (Fsp3) is 0.545. The zero-order valence-corrected chi connectivity index (χ0v) is 8.94. The lowest BCUT2D eigenvalue weighted by molar-refractivity contribution is -0.115. The molecule has 0 aliphatic heterocycles. The minimum absolute atomic E-state index is 0.204. The van der Waals surface area contributed by atoms with Crippen LogP contribution in [0.5, 0.6) is 0 Å². The number of ketones is 1. The van der Waals surface area contributed by atoms with Crippen molar-refractivity contribution < 1.29 is 4.79 Å². The second-order valence-corrected chi connectivity index (χ2v) is 3.96. The summed E-state index contributed by atoms with van der Waals surface area (Å²) in [7, 11) is 1.81. The number of carbonyl (C=O) groups is 1. The largest absolute Gasteiger partial charge is 0.294 e. The molecule has 1 aliphatic carbocycles. The third-order valence-electron chi connectivity index (χ3n) is 2.64. The van der Waals surface area contributed by atoms with E-state index in [9.17, 15) is 4.79 Å². The van der Waals surface area contributed by atoms with Crippen LogP contribution in [0.3, 0.4) is 0 Å². The number of aromatic nitrogens is 3. The minimum Gasteiger partial charge on any atom is -0.294 e. The number of hydrogen-bond acceptors (Lipinski definition) is 3. The Bertz CT molecular complexity index is 392. The molecule has 0 unspecified atom stereocenters. The topological polar surface area (TPSA) is 47.8 Å². The fourth-order valence-electron chi connectivity index (χ4n) is 1.85. The zero-order valence-electron chi connectivity index (χ0n) is 8.94. The maximum atomic E-state index is 11.8. The predicted molar refractivity (Wildman–Crippen MR) is 56.3 cm³/mol. The monoisotopic (exact) mass is 205 g/mol. The first-order valence-corrected chi connectivity index (χ1v) is 5.33. The second kappa shape index (κ2) is 4.38. The van der Waals surface area contributed by atoms with Crippen molar-refractivity contribution in [3.63, 3.8) is 0 Å². The molecule has 0 saturated heterocycles. The summed E-state index contributed by atoms with van der Waals surface area (Å²) in [5, 5.41) is 7.73. The summed E-state index contributed by atoms with van der Waals surface area (Å²) in [6.45, 7) is 0. The van der Waals surface area contributed by atoms with E-state index in [0.717, 1.165) is 30.5 Å². The molecule has 80 valence electrons. The summed E-state index contributed by atoms with van der Waals surface area (Å²) in [4.78, 5) is 11.8. The minimum atomic E-state index is 0.204. The van der Waals surface area contributed by atoms with Gasteiger partial charge in [-0.05, 0) is 31.3 Å². The standard InChI is InChI=1S/C11H15N3O/c1-14-8-10(12-13-14)7-11(15)9-5-3-2-4-6-9/h5,8H,2-4,6-7H2,1H3. The normalized spacial score (nSPS) is 16.2. The average Bonchev–Trinajstić information content (AvgIpc) is 2.65. The lowest BCUT2D eigenvalue weighted by Crippen LogP contribution is -2.09. The summed E-state index contributed by atoms with van der Waals surface area (Å²) in [5.41, 5.74) is 1.74. The van der Waals surface area contributed by atoms with Crippen LogP contribution in [0, 0.1) is 0 Å². The van der Waals surface area contributed by atoms with Crippen LogP contribution in [0.1, 0.15) is 31.4 Å². The summed E-state index contributed by atoms with van der Waals surface area (Å²) >= 11 is 0. The summed E-state index contributed by atoms with van der Waals surface area (Å²) in [5.74, 6) is 0.204. The van der Waals surface area contributed by atoms with Crippen LogP contribution in [-0.4, -0.2) is 20.8 Å². The SMILES string of the molecule is Cn1cc(CC(=O)C2=CCCCC2)nn1. The summed E-state index contributed by atoms with van der Waals surface area (Å²) in [6, 6.07) is 0. The molecule has 0 N–H and O–H groups in total. The van der Waals surface area contributed by atoms with Crippen molar-refractivity contribution in [1.29, 1.82) is 0 Å². The number of Topliss-reactive ketones (excluding diaryl/α,β-unsaturated/α-hetero) is 1. The van der Waals surface area contributed by atoms with Crippen LogP contribution in [-0.2, 0) is 18.3 Å². The molecule has 4 nitrogen and oxygen atoms in total. The van der Waals surface area contributed by atoms with Gasteiger partial charge in [0.25, 0.3) is 0 Å². The van der Waals surface area contributed by atoms with Gasteiger partial charge in [0.2, 0.25) is 0 Å². The molecule has 2 rings (SSSR count). The highest BCUT2D eigenvalue weighted by Crippen LogP contribution is 2.19. The van der Waals surface area contributed by atoms with Gasteiger partial charge < -0.3 is 0 Å². The van der Waals surface area contributed by atoms with Crippen LogP contribution in [0.15, 0.2) is 17.8 Å². The van der Waals surface area contributed by atoms with Crippen molar-refractivity contribution in [1.82, 2.24) is 15.0 Å². The van der Waals surface area contributed by atoms with E-state index in [-0.39, 0.29) is 5.78 Å². The van der Waals surface area contributed by atoms with E-state index in [0.29, 0.717) is 6.42 Å². The van der Waals surface area contributed by atoms with Crippen molar-refractivity contribution in [2.45, 2.75) is 32.1 Å². The molecule has 0 bridgehead atoms. The van der Waals surface area contributed by atoms with Crippen molar-refractivity contribution in [2.24, 2.45) is 7.05 Å². The Kier molecular flexibility index (Phi) is 2.94. The molecule has 1 aliphatic rings. The van der Waals surface area contributed by atoms with Crippen molar-refractivity contribution in [3.8, 4) is 0 Å². The molecule has 15 heavy (non-hydrogen) atoms. The van der Waals surface area contributed by atoms with E-state index >= 15 is 0 Å². The molecular formula is C11H15N3O. The summed E-state index contributed by atoms with van der Waals surface area (Å²) < 4.78 is 1.62. The highest BCUT2D eigenvalue weighted by molar-refractivity contribution is 5.96. The van der Waals surface area contributed by atoms with Crippen LogP contribution < -0.4 is 0 Å². The van der Waals surface area contributed by atoms with Crippen LogP contribution in [0.4, 0.5) is 0 Å². The Hall–Kier alpha value is -1.45. The van der Waals surface area contributed by atoms with Gasteiger partial charge in [-0.3, -0.25) is 9.48 Å². The van der Waals surface area contributed by atoms with E-state index in [2.05, 4.69) is 16.4 Å². The van der Waals surface area contributed by atoms with Crippen molar-refractivity contribution >= 4 is 5.78 Å². The Labute approximate surface area is 89.0 Å². The Morgan fingerprint density at radius 2 is 2.40 bits per heavy atom. The summed E-state index contributed by atoms with van der Waals surface area (Å²) in [6.07, 6.45) is 8.57. The molecule has 0 saturated carbocycles. The molecule has 1 heterocycles. The number of carbonyl (C=O) groups excluding carboxylic acids is 1. The first kappa shape index (κ1) is 10.1. The molecule has 0 atom stereocenters. The van der Waals surface area contributed by atoms with Gasteiger partial charge in [0, 0.05) is 13.2 Å². The average molecular weight is 205 g/mol. The lowest BCUT2D eigenvalue weighted by Gasteiger charge is -2.10. The van der Waals surface area contributed by atoms with E-state index < -0.39 is 0 Å². The van der Waals surface area contributed by atoms with E-state index in [1.54, 1.807) is 17.9 Å². The van der Waals surface area contributed by atoms with Gasteiger partial charge in [0.15, 0.2) is 5.78 Å². The molecule has 0 spiro atoms. The molecule has 1 aromatic heterocycles.